The van der Waals surface area contributed by atoms with Crippen molar-refractivity contribution in [2.24, 2.45) is 0 Å². The van der Waals surface area contributed by atoms with Crippen LogP contribution in [0.15, 0.2) is 6.20 Å². The van der Waals surface area contributed by atoms with Gasteiger partial charge in [0.05, 0.1) is 17.7 Å². The van der Waals surface area contributed by atoms with E-state index >= 15 is 0 Å². The Hall–Kier alpha value is -1.44. The molecular formula is C10H15FN4O2S. The SMILES string of the molecule is CNc1ncc(F)c(N2CCCS(=O)(=O)CC2)n1. The van der Waals surface area contributed by atoms with Gasteiger partial charge in [0, 0.05) is 20.1 Å². The van der Waals surface area contributed by atoms with Crippen molar-refractivity contribution in [3.63, 3.8) is 0 Å². The van der Waals surface area contributed by atoms with Gasteiger partial charge >= 0.3 is 0 Å². The molecule has 100 valence electrons. The van der Waals surface area contributed by atoms with E-state index in [9.17, 15) is 12.8 Å². The molecule has 1 aliphatic heterocycles. The van der Waals surface area contributed by atoms with Gasteiger partial charge in [-0.15, -0.1) is 0 Å². The van der Waals surface area contributed by atoms with Gasteiger partial charge < -0.3 is 10.2 Å². The van der Waals surface area contributed by atoms with Crippen molar-refractivity contribution >= 4 is 21.6 Å². The number of hydrogen-bond acceptors (Lipinski definition) is 6. The van der Waals surface area contributed by atoms with Crippen molar-refractivity contribution in [2.75, 3.05) is 41.9 Å². The van der Waals surface area contributed by atoms with Crippen molar-refractivity contribution in [3.8, 4) is 0 Å². The molecule has 0 amide bonds. The van der Waals surface area contributed by atoms with Crippen LogP contribution in [-0.2, 0) is 9.84 Å². The first-order chi connectivity index (χ1) is 8.52. The molecule has 1 fully saturated rings. The number of rotatable bonds is 2. The molecule has 2 rings (SSSR count). The lowest BCUT2D eigenvalue weighted by Crippen LogP contribution is -2.28. The molecule has 1 saturated heterocycles. The summed E-state index contributed by atoms with van der Waals surface area (Å²) in [6.45, 7) is 0.746. The molecule has 1 aromatic heterocycles. The number of sulfone groups is 1. The van der Waals surface area contributed by atoms with Gasteiger partial charge in [0.25, 0.3) is 0 Å². The van der Waals surface area contributed by atoms with Crippen molar-refractivity contribution < 1.29 is 12.8 Å². The zero-order valence-corrected chi connectivity index (χ0v) is 10.9. The highest BCUT2D eigenvalue weighted by Crippen LogP contribution is 2.19. The quantitative estimate of drug-likeness (QED) is 0.835. The van der Waals surface area contributed by atoms with E-state index in [0.29, 0.717) is 18.9 Å². The minimum absolute atomic E-state index is 0.0331. The van der Waals surface area contributed by atoms with Crippen LogP contribution in [0.2, 0.25) is 0 Å². The van der Waals surface area contributed by atoms with E-state index in [4.69, 9.17) is 0 Å². The van der Waals surface area contributed by atoms with Crippen molar-refractivity contribution in [1.29, 1.82) is 0 Å². The van der Waals surface area contributed by atoms with Crippen LogP contribution in [0.4, 0.5) is 16.2 Å². The Morgan fingerprint density at radius 1 is 1.39 bits per heavy atom. The first-order valence-electron chi connectivity index (χ1n) is 5.67. The number of aromatic nitrogens is 2. The topological polar surface area (TPSA) is 75.2 Å². The second-order valence-electron chi connectivity index (χ2n) is 4.11. The largest absolute Gasteiger partial charge is 0.357 e. The fourth-order valence-corrected chi connectivity index (χ4v) is 3.12. The average Bonchev–Trinajstić information content (AvgIpc) is 2.51. The molecule has 0 bridgehead atoms. The molecule has 18 heavy (non-hydrogen) atoms. The third kappa shape index (κ3) is 2.87. The second-order valence-corrected chi connectivity index (χ2v) is 6.41. The van der Waals surface area contributed by atoms with Crippen LogP contribution < -0.4 is 10.2 Å². The summed E-state index contributed by atoms with van der Waals surface area (Å²) in [7, 11) is -1.37. The zero-order valence-electron chi connectivity index (χ0n) is 10.1. The van der Waals surface area contributed by atoms with Crippen molar-refractivity contribution in [2.45, 2.75) is 6.42 Å². The van der Waals surface area contributed by atoms with E-state index in [1.54, 1.807) is 11.9 Å². The summed E-state index contributed by atoms with van der Waals surface area (Å²) in [5.74, 6) is 0.124. The maximum absolute atomic E-state index is 13.7. The van der Waals surface area contributed by atoms with Gasteiger partial charge in [-0.25, -0.2) is 17.8 Å². The summed E-state index contributed by atoms with van der Waals surface area (Å²) < 4.78 is 36.7. The van der Waals surface area contributed by atoms with Crippen LogP contribution >= 0.6 is 0 Å². The van der Waals surface area contributed by atoms with E-state index in [0.717, 1.165) is 6.20 Å². The lowest BCUT2D eigenvalue weighted by atomic mass is 10.4. The fourth-order valence-electron chi connectivity index (χ4n) is 1.85. The smallest absolute Gasteiger partial charge is 0.224 e. The monoisotopic (exact) mass is 274 g/mol. The Balaban J connectivity index is 2.25. The summed E-state index contributed by atoms with van der Waals surface area (Å²) in [5, 5.41) is 2.73. The van der Waals surface area contributed by atoms with Crippen molar-refractivity contribution in [1.82, 2.24) is 9.97 Å². The molecule has 0 spiro atoms. The highest BCUT2D eigenvalue weighted by molar-refractivity contribution is 7.91. The molecule has 1 aromatic rings. The van der Waals surface area contributed by atoms with Gasteiger partial charge in [0.15, 0.2) is 21.5 Å². The predicted molar refractivity (Wildman–Crippen MR) is 67.0 cm³/mol. The lowest BCUT2D eigenvalue weighted by molar-refractivity contribution is 0.596. The number of anilines is 2. The Kier molecular flexibility index (Phi) is 3.65. The molecule has 0 unspecified atom stereocenters. The van der Waals surface area contributed by atoms with E-state index in [-0.39, 0.29) is 23.9 Å². The summed E-state index contributed by atoms with van der Waals surface area (Å²) in [4.78, 5) is 9.46. The molecule has 1 aliphatic rings. The van der Waals surface area contributed by atoms with E-state index in [2.05, 4.69) is 15.3 Å². The third-order valence-corrected chi connectivity index (χ3v) is 4.52. The Labute approximate surface area is 105 Å². The Morgan fingerprint density at radius 3 is 2.89 bits per heavy atom. The minimum atomic E-state index is -3.01. The minimum Gasteiger partial charge on any atom is -0.357 e. The van der Waals surface area contributed by atoms with Crippen LogP contribution in [0.1, 0.15) is 6.42 Å². The second kappa shape index (κ2) is 5.05. The maximum Gasteiger partial charge on any atom is 0.224 e. The Bertz CT molecular complexity index is 535. The molecule has 1 N–H and O–H groups in total. The normalized spacial score (nSPS) is 19.3. The summed E-state index contributed by atoms with van der Waals surface area (Å²) in [5.41, 5.74) is 0. The molecule has 0 radical (unpaired) electrons. The van der Waals surface area contributed by atoms with Gasteiger partial charge in [-0.1, -0.05) is 0 Å². The Morgan fingerprint density at radius 2 is 2.17 bits per heavy atom. The highest BCUT2D eigenvalue weighted by Gasteiger charge is 2.22. The molecule has 0 aliphatic carbocycles. The van der Waals surface area contributed by atoms with Crippen molar-refractivity contribution in [3.05, 3.63) is 12.0 Å². The number of nitrogens with one attached hydrogen (secondary N) is 1. The van der Waals surface area contributed by atoms with E-state index < -0.39 is 15.7 Å². The van der Waals surface area contributed by atoms with Gasteiger partial charge in [-0.3, -0.25) is 0 Å². The number of nitrogens with zero attached hydrogens (tertiary/aromatic N) is 3. The first-order valence-corrected chi connectivity index (χ1v) is 7.49. The van der Waals surface area contributed by atoms with Crippen LogP contribution in [0.5, 0.6) is 0 Å². The zero-order chi connectivity index (χ0) is 13.2. The number of halogens is 1. The molecule has 8 heteroatoms. The maximum atomic E-state index is 13.7. The van der Waals surface area contributed by atoms with Crippen LogP contribution in [-0.4, -0.2) is 50.0 Å². The predicted octanol–water partition coefficient (Wildman–Crippen LogP) is 0.282. The molecule has 0 saturated carbocycles. The van der Waals surface area contributed by atoms with E-state index in [1.807, 2.05) is 0 Å². The number of hydrogen-bond donors (Lipinski definition) is 1. The van der Waals surface area contributed by atoms with Gasteiger partial charge in [-0.2, -0.15) is 4.98 Å². The van der Waals surface area contributed by atoms with Crippen LogP contribution in [0.3, 0.4) is 0 Å². The molecule has 6 nitrogen and oxygen atoms in total. The summed E-state index contributed by atoms with van der Waals surface area (Å²) in [6.07, 6.45) is 1.58. The summed E-state index contributed by atoms with van der Waals surface area (Å²) in [6, 6.07) is 0. The first kappa shape index (κ1) is 13.0. The van der Waals surface area contributed by atoms with Crippen LogP contribution in [0.25, 0.3) is 0 Å². The van der Waals surface area contributed by atoms with Crippen LogP contribution in [0, 0.1) is 5.82 Å². The molecule has 0 aromatic carbocycles. The molecule has 0 atom stereocenters. The fraction of sp³-hybridized carbons (Fsp3) is 0.600. The molecular weight excluding hydrogens is 259 g/mol. The summed E-state index contributed by atoms with van der Waals surface area (Å²) >= 11 is 0. The van der Waals surface area contributed by atoms with E-state index in [1.165, 1.54) is 0 Å². The van der Waals surface area contributed by atoms with Gasteiger partial charge in [0.2, 0.25) is 5.95 Å². The standard InChI is InChI=1S/C10H15FN4O2S/c1-12-10-13-7-8(11)9(14-10)15-3-2-5-18(16,17)6-4-15/h7H,2-6H2,1H3,(H,12,13,14). The average molecular weight is 274 g/mol. The van der Waals surface area contributed by atoms with Gasteiger partial charge in [0.1, 0.15) is 0 Å². The third-order valence-electron chi connectivity index (χ3n) is 2.80. The van der Waals surface area contributed by atoms with Gasteiger partial charge in [-0.05, 0) is 6.42 Å². The highest BCUT2D eigenvalue weighted by atomic mass is 32.2. The lowest BCUT2D eigenvalue weighted by Gasteiger charge is -2.21. The molecule has 2 heterocycles.